The van der Waals surface area contributed by atoms with Crippen LogP contribution < -0.4 is 9.47 Å². The Morgan fingerprint density at radius 1 is 1.13 bits per heavy atom. The molecule has 8 nitrogen and oxygen atoms in total. The summed E-state index contributed by atoms with van der Waals surface area (Å²) in [5.74, 6) is 0.481. The zero-order valence-electron chi connectivity index (χ0n) is 17.3. The first-order valence-electron chi connectivity index (χ1n) is 9.77. The number of nitrogens with zero attached hydrogens (tertiary/aromatic N) is 2. The number of imide groups is 1. The number of ether oxygens (including phenoxy) is 3. The first kappa shape index (κ1) is 21.2. The topological polar surface area (TPSA) is 85.4 Å². The van der Waals surface area contributed by atoms with Gasteiger partial charge in [-0.3, -0.25) is 19.3 Å². The van der Waals surface area contributed by atoms with E-state index in [4.69, 9.17) is 14.2 Å². The average molecular weight is 442 g/mol. The highest BCUT2D eigenvalue weighted by Crippen LogP contribution is 2.37. The summed E-state index contributed by atoms with van der Waals surface area (Å²) >= 11 is 0.819. The van der Waals surface area contributed by atoms with Gasteiger partial charge in [0.15, 0.2) is 0 Å². The number of fused-ring (bicyclic) bond motifs is 1. The maximum absolute atomic E-state index is 13.0. The molecule has 0 N–H and O–H groups in total. The Balaban J connectivity index is 1.64. The molecule has 2 saturated heterocycles. The summed E-state index contributed by atoms with van der Waals surface area (Å²) in [7, 11) is 3.13. The highest BCUT2D eigenvalue weighted by molar-refractivity contribution is 8.18. The highest BCUT2D eigenvalue weighted by Gasteiger charge is 2.37. The first-order chi connectivity index (χ1) is 15.0. The zero-order valence-corrected chi connectivity index (χ0v) is 18.1. The van der Waals surface area contributed by atoms with Gasteiger partial charge in [-0.15, -0.1) is 0 Å². The number of thioether (sulfide) groups is 1. The second-order valence-corrected chi connectivity index (χ2v) is 8.02. The van der Waals surface area contributed by atoms with E-state index in [2.05, 4.69) is 0 Å². The zero-order chi connectivity index (χ0) is 22.0. The van der Waals surface area contributed by atoms with E-state index in [1.807, 2.05) is 30.3 Å². The lowest BCUT2D eigenvalue weighted by molar-refractivity contribution is -0.139. The van der Waals surface area contributed by atoms with Crippen LogP contribution in [0.3, 0.4) is 0 Å². The summed E-state index contributed by atoms with van der Waals surface area (Å²) < 4.78 is 16.1. The molecule has 4 rings (SSSR count). The maximum Gasteiger partial charge on any atom is 0.294 e. The standard InChI is InChI=1S/C22H22N2O6S/c1-28-15-5-3-14-4-6-18(29-2)17(16(14)11-15)12-19-21(26)24(22(27)31-19)13-20(25)23-7-9-30-10-8-23/h3-6,11-12H,7-10,13H2,1-2H3. The molecule has 0 radical (unpaired) electrons. The molecule has 0 bridgehead atoms. The summed E-state index contributed by atoms with van der Waals surface area (Å²) in [5.41, 5.74) is 0.670. The molecule has 2 heterocycles. The molecule has 31 heavy (non-hydrogen) atoms. The Bertz CT molecular complexity index is 1070. The maximum atomic E-state index is 13.0. The van der Waals surface area contributed by atoms with Crippen molar-refractivity contribution in [2.24, 2.45) is 0 Å². The fourth-order valence-electron chi connectivity index (χ4n) is 3.57. The van der Waals surface area contributed by atoms with Crippen LogP contribution in [0.5, 0.6) is 11.5 Å². The molecule has 2 fully saturated rings. The minimum Gasteiger partial charge on any atom is -0.497 e. The van der Waals surface area contributed by atoms with Crippen LogP contribution in [0.25, 0.3) is 16.8 Å². The van der Waals surface area contributed by atoms with Gasteiger partial charge < -0.3 is 19.1 Å². The average Bonchev–Trinajstić information content (AvgIpc) is 3.06. The summed E-state index contributed by atoms with van der Waals surface area (Å²) in [6.07, 6.45) is 1.64. The highest BCUT2D eigenvalue weighted by atomic mass is 32.2. The first-order valence-corrected chi connectivity index (χ1v) is 10.6. The smallest absolute Gasteiger partial charge is 0.294 e. The monoisotopic (exact) mass is 442 g/mol. The minimum absolute atomic E-state index is 0.244. The molecule has 0 aromatic heterocycles. The van der Waals surface area contributed by atoms with E-state index in [0.717, 1.165) is 27.4 Å². The molecule has 0 spiro atoms. The van der Waals surface area contributed by atoms with Crippen molar-refractivity contribution in [3.05, 3.63) is 40.8 Å². The molecule has 0 aliphatic carbocycles. The van der Waals surface area contributed by atoms with Crippen LogP contribution in [-0.4, -0.2) is 73.9 Å². The van der Waals surface area contributed by atoms with Gasteiger partial charge in [0.2, 0.25) is 5.91 Å². The lowest BCUT2D eigenvalue weighted by Gasteiger charge is -2.28. The second-order valence-electron chi connectivity index (χ2n) is 7.03. The van der Waals surface area contributed by atoms with Crippen molar-refractivity contribution in [2.45, 2.75) is 0 Å². The second kappa shape index (κ2) is 8.99. The summed E-state index contributed by atoms with van der Waals surface area (Å²) in [6, 6.07) is 9.35. The Hall–Kier alpha value is -3.04. The van der Waals surface area contributed by atoms with Gasteiger partial charge in [-0.25, -0.2) is 0 Å². The molecule has 2 aliphatic rings. The molecule has 2 aliphatic heterocycles. The number of hydrogen-bond acceptors (Lipinski definition) is 7. The van der Waals surface area contributed by atoms with Crippen molar-refractivity contribution < 1.29 is 28.6 Å². The molecule has 3 amide bonds. The van der Waals surface area contributed by atoms with Crippen molar-refractivity contribution >= 4 is 45.7 Å². The van der Waals surface area contributed by atoms with Gasteiger partial charge in [0.05, 0.1) is 32.3 Å². The van der Waals surface area contributed by atoms with Crippen molar-refractivity contribution in [3.63, 3.8) is 0 Å². The van der Waals surface area contributed by atoms with E-state index in [-0.39, 0.29) is 17.4 Å². The Morgan fingerprint density at radius 3 is 2.58 bits per heavy atom. The molecule has 0 unspecified atom stereocenters. The Morgan fingerprint density at radius 2 is 1.87 bits per heavy atom. The Kier molecular flexibility index (Phi) is 6.15. The quantitative estimate of drug-likeness (QED) is 0.658. The van der Waals surface area contributed by atoms with Crippen molar-refractivity contribution in [1.82, 2.24) is 9.80 Å². The number of benzene rings is 2. The van der Waals surface area contributed by atoms with Gasteiger partial charge in [-0.05, 0) is 46.8 Å². The fourth-order valence-corrected chi connectivity index (χ4v) is 4.39. The van der Waals surface area contributed by atoms with Gasteiger partial charge in [0.25, 0.3) is 11.1 Å². The van der Waals surface area contributed by atoms with E-state index in [0.29, 0.717) is 43.4 Å². The van der Waals surface area contributed by atoms with Gasteiger partial charge in [0, 0.05) is 18.7 Å². The van der Waals surface area contributed by atoms with Crippen LogP contribution in [-0.2, 0) is 14.3 Å². The summed E-state index contributed by atoms with van der Waals surface area (Å²) in [5, 5.41) is 1.30. The van der Waals surface area contributed by atoms with Crippen LogP contribution >= 0.6 is 11.8 Å². The third-order valence-corrected chi connectivity index (χ3v) is 6.16. The van der Waals surface area contributed by atoms with Gasteiger partial charge >= 0.3 is 0 Å². The van der Waals surface area contributed by atoms with Crippen LogP contribution in [0.1, 0.15) is 5.56 Å². The van der Waals surface area contributed by atoms with Gasteiger partial charge in [-0.1, -0.05) is 12.1 Å². The van der Waals surface area contributed by atoms with Gasteiger partial charge in [-0.2, -0.15) is 0 Å². The number of carbonyl (C=O) groups excluding carboxylic acids is 3. The van der Waals surface area contributed by atoms with Crippen molar-refractivity contribution in [1.29, 1.82) is 0 Å². The fraction of sp³-hybridized carbons (Fsp3) is 0.318. The number of hydrogen-bond donors (Lipinski definition) is 0. The number of amides is 3. The number of carbonyl (C=O) groups is 3. The van der Waals surface area contributed by atoms with Crippen LogP contribution in [0.15, 0.2) is 35.2 Å². The van der Waals surface area contributed by atoms with Crippen molar-refractivity contribution in [2.75, 3.05) is 47.1 Å². The molecule has 0 saturated carbocycles. The minimum atomic E-state index is -0.487. The van der Waals surface area contributed by atoms with E-state index >= 15 is 0 Å². The molecular formula is C22H22N2O6S. The number of rotatable bonds is 5. The normalized spacial score (nSPS) is 18.2. The Labute approximate surface area is 183 Å². The van der Waals surface area contributed by atoms with Crippen LogP contribution in [0.2, 0.25) is 0 Å². The predicted octanol–water partition coefficient (Wildman–Crippen LogP) is 2.75. The van der Waals surface area contributed by atoms with Crippen LogP contribution in [0, 0.1) is 0 Å². The lowest BCUT2D eigenvalue weighted by atomic mass is 10.0. The largest absolute Gasteiger partial charge is 0.497 e. The third kappa shape index (κ3) is 4.24. The van der Waals surface area contributed by atoms with Crippen LogP contribution in [0.4, 0.5) is 4.79 Å². The third-order valence-electron chi connectivity index (χ3n) is 5.26. The number of methoxy groups -OCH3 is 2. The summed E-state index contributed by atoms with van der Waals surface area (Å²) in [4.78, 5) is 40.8. The molecule has 9 heteroatoms. The van der Waals surface area contributed by atoms with Crippen molar-refractivity contribution in [3.8, 4) is 11.5 Å². The predicted molar refractivity (Wildman–Crippen MR) is 117 cm³/mol. The molecule has 0 atom stereocenters. The molecular weight excluding hydrogens is 420 g/mol. The van der Waals surface area contributed by atoms with E-state index in [1.54, 1.807) is 25.2 Å². The van der Waals surface area contributed by atoms with E-state index in [9.17, 15) is 14.4 Å². The lowest BCUT2D eigenvalue weighted by Crippen LogP contribution is -2.46. The summed E-state index contributed by atoms with van der Waals surface area (Å²) in [6.45, 7) is 1.55. The number of morpholine rings is 1. The van der Waals surface area contributed by atoms with E-state index in [1.165, 1.54) is 0 Å². The molecule has 2 aromatic carbocycles. The van der Waals surface area contributed by atoms with Gasteiger partial charge in [0.1, 0.15) is 18.0 Å². The SMILES string of the molecule is COc1ccc2ccc(OC)c(C=C3SC(=O)N(CC(=O)N4CCOCC4)C3=O)c2c1. The molecule has 162 valence electrons. The molecule has 2 aromatic rings. The van der Waals surface area contributed by atoms with E-state index < -0.39 is 11.1 Å².